The van der Waals surface area contributed by atoms with Crippen LogP contribution >= 0.6 is 0 Å². The lowest BCUT2D eigenvalue weighted by atomic mass is 9.55. The SMILES string of the molecule is C=CCOC12Oc3ccc(OC(=O)NCC)cc3C3C(CCCCO)C(CCCCO)C=C(C(=NOC)CC1N(Cc1ccc(F)cc1)C(=O)OCCCCCCCCCCCC)C32. The van der Waals surface area contributed by atoms with Crippen LogP contribution in [0.2, 0.25) is 0 Å². The number of oxime groups is 1. The number of aliphatic hydroxyl groups is 2. The van der Waals surface area contributed by atoms with Gasteiger partial charge < -0.3 is 39.3 Å². The molecule has 2 aromatic rings. The summed E-state index contributed by atoms with van der Waals surface area (Å²) in [4.78, 5) is 34.7. The van der Waals surface area contributed by atoms with Crippen molar-refractivity contribution in [3.8, 4) is 11.5 Å². The number of unbranched alkanes of at least 4 members (excludes halogenated alkanes) is 11. The molecule has 5 rings (SSSR count). The number of benzene rings is 2. The third kappa shape index (κ3) is 13.3. The molecular formula is C51H74FN3O9. The van der Waals surface area contributed by atoms with Gasteiger partial charge in [-0.25, -0.2) is 14.0 Å². The van der Waals surface area contributed by atoms with E-state index in [9.17, 15) is 24.2 Å². The van der Waals surface area contributed by atoms with Gasteiger partial charge in [-0.15, -0.1) is 6.58 Å². The molecule has 1 saturated carbocycles. The minimum Gasteiger partial charge on any atom is -0.459 e. The molecule has 0 radical (unpaired) electrons. The quantitative estimate of drug-likeness (QED) is 0.0431. The summed E-state index contributed by atoms with van der Waals surface area (Å²) in [7, 11) is 1.50. The highest BCUT2D eigenvalue weighted by molar-refractivity contribution is 6.03. The van der Waals surface area contributed by atoms with E-state index in [4.69, 9.17) is 23.8 Å². The maximum atomic E-state index is 14.8. The van der Waals surface area contributed by atoms with E-state index in [0.717, 1.165) is 62.5 Å². The molecule has 3 N–H and O–H groups in total. The second-order valence-corrected chi connectivity index (χ2v) is 17.4. The van der Waals surface area contributed by atoms with Gasteiger partial charge in [0.25, 0.3) is 0 Å². The van der Waals surface area contributed by atoms with E-state index in [1.54, 1.807) is 35.2 Å². The van der Waals surface area contributed by atoms with Crippen molar-refractivity contribution < 1.29 is 48.0 Å². The van der Waals surface area contributed by atoms with Crippen LogP contribution in [0.3, 0.4) is 0 Å². The van der Waals surface area contributed by atoms with E-state index in [1.165, 1.54) is 57.8 Å². The third-order valence-electron chi connectivity index (χ3n) is 13.0. The number of allylic oxidation sites excluding steroid dienone is 1. The van der Waals surface area contributed by atoms with Crippen LogP contribution in [0.15, 0.2) is 71.9 Å². The van der Waals surface area contributed by atoms with Crippen molar-refractivity contribution in [3.05, 3.63) is 83.7 Å². The average Bonchev–Trinajstić information content (AvgIpc) is 3.29. The first-order valence-electron chi connectivity index (χ1n) is 24.0. The maximum absolute atomic E-state index is 14.8. The Morgan fingerprint density at radius 1 is 0.938 bits per heavy atom. The van der Waals surface area contributed by atoms with Gasteiger partial charge in [0.1, 0.15) is 30.5 Å². The highest BCUT2D eigenvalue weighted by Gasteiger charge is 2.65. The molecule has 2 amide bonds. The predicted octanol–water partition coefficient (Wildman–Crippen LogP) is 10.8. The number of nitrogens with zero attached hydrogens (tertiary/aromatic N) is 2. The molecule has 64 heavy (non-hydrogen) atoms. The summed E-state index contributed by atoms with van der Waals surface area (Å²) in [5.41, 5.74) is 3.02. The summed E-state index contributed by atoms with van der Waals surface area (Å²) in [6.45, 7) is 8.98. The first kappa shape index (κ1) is 50.5. The van der Waals surface area contributed by atoms with Gasteiger partial charge in [-0.2, -0.15) is 0 Å². The number of nitrogens with one attached hydrogen (secondary N) is 1. The Labute approximate surface area is 380 Å². The van der Waals surface area contributed by atoms with Crippen LogP contribution in [-0.4, -0.2) is 84.9 Å². The zero-order chi connectivity index (χ0) is 45.7. The van der Waals surface area contributed by atoms with Crippen molar-refractivity contribution >= 4 is 17.9 Å². The lowest BCUT2D eigenvalue weighted by Crippen LogP contribution is -2.70. The van der Waals surface area contributed by atoms with Gasteiger partial charge in [0.05, 0.1) is 24.8 Å². The fraction of sp³-hybridized carbons (Fsp3) is 0.627. The number of rotatable bonds is 28. The molecule has 13 heteroatoms. The lowest BCUT2D eigenvalue weighted by molar-refractivity contribution is -0.256. The van der Waals surface area contributed by atoms with Crippen molar-refractivity contribution in [2.24, 2.45) is 22.9 Å². The Morgan fingerprint density at radius 3 is 2.28 bits per heavy atom. The Morgan fingerprint density at radius 2 is 1.62 bits per heavy atom. The summed E-state index contributed by atoms with van der Waals surface area (Å²) < 4.78 is 40.5. The van der Waals surface area contributed by atoms with Crippen molar-refractivity contribution in [2.45, 2.75) is 147 Å². The summed E-state index contributed by atoms with van der Waals surface area (Å²) in [6, 6.07) is 10.6. The molecule has 0 aromatic heterocycles. The Hall–Kier alpha value is -4.46. The minimum atomic E-state index is -1.52. The van der Waals surface area contributed by atoms with Gasteiger partial charge in [-0.05, 0) is 92.3 Å². The number of amides is 2. The standard InChI is InChI=1S/C51H74FN3O9/c1-5-8-9-10-11-12-13-14-15-20-32-61-50(59)55(36-37-23-25-39(52)26-24-37)46-35-44(54-60-4)42-33-38(21-16-18-29-56)41(22-17-19-30-57)47-43-34-40(63-49(58)53-7-3)27-28-45(43)64-51(46,48(42)47)62-31-6-2/h6,23-28,33-34,38,41,46-48,56-57H,2,5,7-22,29-32,35-36H2,1,3-4H3,(H,53,58). The Kier molecular flexibility index (Phi) is 20.9. The molecule has 2 aliphatic carbocycles. The van der Waals surface area contributed by atoms with Gasteiger partial charge in [0.15, 0.2) is 0 Å². The topological polar surface area (TPSA) is 148 Å². The van der Waals surface area contributed by atoms with E-state index < -0.39 is 29.9 Å². The fourth-order valence-electron chi connectivity index (χ4n) is 10.0. The molecule has 0 saturated heterocycles. The third-order valence-corrected chi connectivity index (χ3v) is 13.0. The maximum Gasteiger partial charge on any atom is 0.412 e. The molecule has 1 aliphatic heterocycles. The molecule has 1 heterocycles. The van der Waals surface area contributed by atoms with E-state index in [0.29, 0.717) is 42.2 Å². The van der Waals surface area contributed by atoms with Crippen LogP contribution in [0.5, 0.6) is 11.5 Å². The summed E-state index contributed by atoms with van der Waals surface area (Å²) in [5, 5.41) is 27.1. The first-order chi connectivity index (χ1) is 31.2. The monoisotopic (exact) mass is 892 g/mol. The molecule has 12 nitrogen and oxygen atoms in total. The van der Waals surface area contributed by atoms with E-state index in [-0.39, 0.29) is 63.0 Å². The second kappa shape index (κ2) is 26.5. The van der Waals surface area contributed by atoms with Gasteiger partial charge in [0, 0.05) is 44.2 Å². The summed E-state index contributed by atoms with van der Waals surface area (Å²) in [5.74, 6) is -1.92. The molecule has 0 bridgehead atoms. The van der Waals surface area contributed by atoms with Crippen LogP contribution in [0.25, 0.3) is 0 Å². The molecule has 0 spiro atoms. The number of carbonyl (C=O) groups excluding carboxylic acids is 2. The van der Waals surface area contributed by atoms with Crippen molar-refractivity contribution in [1.82, 2.24) is 10.2 Å². The van der Waals surface area contributed by atoms with Crippen LogP contribution in [0.4, 0.5) is 14.0 Å². The number of ether oxygens (including phenoxy) is 4. The van der Waals surface area contributed by atoms with Crippen LogP contribution < -0.4 is 14.8 Å². The van der Waals surface area contributed by atoms with Crippen LogP contribution in [0.1, 0.15) is 140 Å². The van der Waals surface area contributed by atoms with Crippen LogP contribution in [0, 0.1) is 23.6 Å². The minimum absolute atomic E-state index is 0.0237. The molecule has 2 aromatic carbocycles. The predicted molar refractivity (Wildman–Crippen MR) is 247 cm³/mol. The van der Waals surface area contributed by atoms with E-state index in [2.05, 4.69) is 30.1 Å². The largest absolute Gasteiger partial charge is 0.459 e. The molecule has 354 valence electrons. The van der Waals surface area contributed by atoms with Crippen LogP contribution in [-0.2, 0) is 20.9 Å². The average molecular weight is 892 g/mol. The molecule has 3 aliphatic rings. The van der Waals surface area contributed by atoms with Crippen molar-refractivity contribution in [1.29, 1.82) is 0 Å². The highest BCUT2D eigenvalue weighted by atomic mass is 19.1. The van der Waals surface area contributed by atoms with Crippen molar-refractivity contribution in [3.63, 3.8) is 0 Å². The van der Waals surface area contributed by atoms with Crippen molar-refractivity contribution in [2.75, 3.05) is 40.1 Å². The first-order valence-corrected chi connectivity index (χ1v) is 24.0. The number of carbonyl (C=O) groups is 2. The lowest BCUT2D eigenvalue weighted by Gasteiger charge is -2.59. The Balaban J connectivity index is 1.60. The van der Waals surface area contributed by atoms with Gasteiger partial charge in [-0.1, -0.05) is 107 Å². The molecule has 6 unspecified atom stereocenters. The number of halogens is 1. The summed E-state index contributed by atoms with van der Waals surface area (Å²) in [6.07, 6.45) is 18.8. The van der Waals surface area contributed by atoms with Gasteiger partial charge >= 0.3 is 12.2 Å². The van der Waals surface area contributed by atoms with Gasteiger partial charge in [0.2, 0.25) is 5.79 Å². The van der Waals surface area contributed by atoms with E-state index >= 15 is 0 Å². The normalized spacial score (nSPS) is 22.7. The number of hydrogen-bond donors (Lipinski definition) is 3. The Bertz CT molecular complexity index is 1820. The van der Waals surface area contributed by atoms with E-state index in [1.807, 2.05) is 13.0 Å². The number of aliphatic hydroxyl groups excluding tert-OH is 2. The fourth-order valence-corrected chi connectivity index (χ4v) is 10.0. The van der Waals surface area contributed by atoms with Gasteiger partial charge in [-0.3, -0.25) is 4.90 Å². The molecular weight excluding hydrogens is 818 g/mol. The number of hydrogen-bond acceptors (Lipinski definition) is 10. The summed E-state index contributed by atoms with van der Waals surface area (Å²) >= 11 is 0. The smallest absolute Gasteiger partial charge is 0.412 e. The molecule has 6 atom stereocenters. The zero-order valence-electron chi connectivity index (χ0n) is 38.6. The number of fused-ring (bicyclic) bond motifs is 2. The highest BCUT2D eigenvalue weighted by Crippen LogP contribution is 2.62. The second-order valence-electron chi connectivity index (χ2n) is 17.4. The zero-order valence-corrected chi connectivity index (χ0v) is 38.6. The molecule has 1 fully saturated rings.